The second-order valence-electron chi connectivity index (χ2n) is 3.81. The molecule has 0 rings (SSSR count). The Morgan fingerprint density at radius 1 is 0.812 bits per heavy atom. The van der Waals surface area contributed by atoms with Crippen LogP contribution in [0.25, 0.3) is 0 Å². The molecule has 0 fully saturated rings. The summed E-state index contributed by atoms with van der Waals surface area (Å²) in [5, 5.41) is 0.00182. The molecule has 0 amide bonds. The fourth-order valence-electron chi connectivity index (χ4n) is 1.34. The summed E-state index contributed by atoms with van der Waals surface area (Å²) in [6.07, 6.45) is 5.38. The van der Waals surface area contributed by atoms with Gasteiger partial charge in [-0.1, -0.05) is 54.1 Å². The molecule has 2 atom stereocenters. The molecule has 0 aromatic heterocycles. The summed E-state index contributed by atoms with van der Waals surface area (Å²) in [6, 6.07) is 0. The monoisotopic (exact) mass is 346 g/mol. The van der Waals surface area contributed by atoms with Crippen molar-refractivity contribution in [3.8, 4) is 0 Å². The summed E-state index contributed by atoms with van der Waals surface area (Å²) in [7, 11) is 0. The molecule has 0 aromatic rings. The zero-order chi connectivity index (χ0) is 12.6. The van der Waals surface area contributed by atoms with Crippen molar-refractivity contribution < 1.29 is 0 Å². The van der Waals surface area contributed by atoms with Crippen LogP contribution in [-0.4, -0.2) is 20.4 Å². The largest absolute Gasteiger partial charge is 0.192 e. The fourth-order valence-corrected chi connectivity index (χ4v) is 2.83. The lowest BCUT2D eigenvalue weighted by atomic mass is 10.1. The van der Waals surface area contributed by atoms with Gasteiger partial charge in [0.05, 0.1) is 0 Å². The van der Waals surface area contributed by atoms with Crippen LogP contribution < -0.4 is 0 Å². The van der Waals surface area contributed by atoms with E-state index in [-0.39, 0.29) is 10.8 Å². The third-order valence-electron chi connectivity index (χ3n) is 2.16. The van der Waals surface area contributed by atoms with E-state index >= 15 is 0 Å². The van der Waals surface area contributed by atoms with Gasteiger partial charge >= 0.3 is 0 Å². The van der Waals surface area contributed by atoms with Gasteiger partial charge in [-0.3, -0.25) is 0 Å². The lowest BCUT2D eigenvalue weighted by Gasteiger charge is -2.15. The molecule has 0 spiro atoms. The molecule has 0 unspecified atom stereocenters. The third kappa shape index (κ3) is 12.2. The minimum atomic E-state index is -1.24. The van der Waals surface area contributed by atoms with Crippen molar-refractivity contribution in [2.45, 2.75) is 53.1 Å². The molecular formula is C10H16Cl6. The number of alkyl halides is 6. The highest BCUT2D eigenvalue weighted by atomic mass is 35.6. The Kier molecular flexibility index (Phi) is 10.7. The van der Waals surface area contributed by atoms with E-state index in [2.05, 4.69) is 0 Å². The Morgan fingerprint density at radius 3 is 1.75 bits per heavy atom. The molecule has 98 valence electrons. The molecule has 0 aliphatic carbocycles. The summed E-state index contributed by atoms with van der Waals surface area (Å²) < 4.78 is -1.24. The first kappa shape index (κ1) is 17.7. The molecule has 0 saturated carbocycles. The van der Waals surface area contributed by atoms with E-state index in [9.17, 15) is 0 Å². The highest BCUT2D eigenvalue weighted by Crippen LogP contribution is 2.34. The van der Waals surface area contributed by atoms with Crippen molar-refractivity contribution in [1.82, 2.24) is 0 Å². The minimum Gasteiger partial charge on any atom is -0.125 e. The molecule has 0 saturated heterocycles. The van der Waals surface area contributed by atoms with Crippen LogP contribution in [0.4, 0.5) is 0 Å². The van der Waals surface area contributed by atoms with Crippen LogP contribution in [0.5, 0.6) is 0 Å². The molecule has 6 heteroatoms. The summed E-state index contributed by atoms with van der Waals surface area (Å²) in [5.74, 6) is 0.507. The van der Waals surface area contributed by atoms with Crippen LogP contribution >= 0.6 is 69.6 Å². The quantitative estimate of drug-likeness (QED) is 0.364. The second kappa shape index (κ2) is 9.64. The van der Waals surface area contributed by atoms with Gasteiger partial charge in [0, 0.05) is 23.1 Å². The number of halogens is 6. The van der Waals surface area contributed by atoms with E-state index < -0.39 is 3.79 Å². The topological polar surface area (TPSA) is 0 Å². The Balaban J connectivity index is 3.38. The van der Waals surface area contributed by atoms with E-state index in [0.717, 1.165) is 32.1 Å². The maximum absolute atomic E-state index is 6.03. The Labute approximate surface area is 128 Å². The van der Waals surface area contributed by atoms with Crippen LogP contribution in [0.15, 0.2) is 0 Å². The summed E-state index contributed by atoms with van der Waals surface area (Å²) >= 11 is 34.4. The first-order valence-corrected chi connectivity index (χ1v) is 7.80. The van der Waals surface area contributed by atoms with E-state index in [4.69, 9.17) is 69.6 Å². The van der Waals surface area contributed by atoms with E-state index in [1.54, 1.807) is 0 Å². The van der Waals surface area contributed by atoms with Crippen molar-refractivity contribution in [2.75, 3.05) is 5.88 Å². The van der Waals surface area contributed by atoms with E-state index in [1.165, 1.54) is 0 Å². The zero-order valence-corrected chi connectivity index (χ0v) is 13.4. The van der Waals surface area contributed by atoms with Gasteiger partial charge in [0.15, 0.2) is 3.79 Å². The van der Waals surface area contributed by atoms with Gasteiger partial charge in [0.2, 0.25) is 0 Å². The SMILES string of the molecule is ClC[C@H](Cl)CCCCC[C@@H](Cl)CC(Cl)(Cl)Cl. The molecule has 16 heavy (non-hydrogen) atoms. The van der Waals surface area contributed by atoms with Gasteiger partial charge in [-0.15, -0.1) is 34.8 Å². The first-order valence-electron chi connectivity index (χ1n) is 5.26. The van der Waals surface area contributed by atoms with Crippen molar-refractivity contribution in [3.05, 3.63) is 0 Å². The fraction of sp³-hybridized carbons (Fsp3) is 1.00. The molecule has 0 bridgehead atoms. The molecular weight excluding hydrogens is 333 g/mol. The predicted octanol–water partition coefficient (Wildman–Crippen LogP) is 6.15. The lowest BCUT2D eigenvalue weighted by Crippen LogP contribution is -2.11. The molecule has 0 aliphatic rings. The lowest BCUT2D eigenvalue weighted by molar-refractivity contribution is 0.585. The van der Waals surface area contributed by atoms with Gasteiger partial charge in [-0.05, 0) is 12.8 Å². The average Bonchev–Trinajstić information content (AvgIpc) is 2.14. The molecule has 0 nitrogen and oxygen atoms in total. The van der Waals surface area contributed by atoms with Gasteiger partial charge in [-0.25, -0.2) is 0 Å². The first-order chi connectivity index (χ1) is 7.35. The third-order valence-corrected chi connectivity index (χ3v) is 3.89. The van der Waals surface area contributed by atoms with E-state index in [1.807, 2.05) is 0 Å². The number of rotatable bonds is 8. The van der Waals surface area contributed by atoms with Crippen molar-refractivity contribution in [3.63, 3.8) is 0 Å². The standard InChI is InChI=1S/C10H16Cl6/c11-7-9(13)5-3-1-2-4-8(12)6-10(14,15)16/h8-9H,1-7H2/t8-,9-/m1/s1. The predicted molar refractivity (Wildman–Crippen MR) is 78.0 cm³/mol. The summed E-state index contributed by atoms with van der Waals surface area (Å²) in [6.45, 7) is 0. The molecule has 0 aliphatic heterocycles. The minimum absolute atomic E-state index is 0.0766. The van der Waals surface area contributed by atoms with Crippen LogP contribution in [0.2, 0.25) is 0 Å². The Bertz CT molecular complexity index is 167. The van der Waals surface area contributed by atoms with E-state index in [0.29, 0.717) is 12.3 Å². The maximum atomic E-state index is 6.03. The average molecular weight is 349 g/mol. The summed E-state index contributed by atoms with van der Waals surface area (Å²) in [4.78, 5) is 0. The van der Waals surface area contributed by atoms with Crippen molar-refractivity contribution in [2.24, 2.45) is 0 Å². The Hall–Kier alpha value is 1.74. The highest BCUT2D eigenvalue weighted by Gasteiger charge is 2.23. The smallest absolute Gasteiger partial charge is 0.125 e. The van der Waals surface area contributed by atoms with Crippen LogP contribution in [0.1, 0.15) is 38.5 Å². The Morgan fingerprint density at radius 2 is 1.31 bits per heavy atom. The van der Waals surface area contributed by atoms with Crippen LogP contribution in [-0.2, 0) is 0 Å². The van der Waals surface area contributed by atoms with Gasteiger partial charge in [-0.2, -0.15) is 0 Å². The normalized spacial score (nSPS) is 16.1. The molecule has 0 aromatic carbocycles. The number of hydrogen-bond donors (Lipinski definition) is 0. The summed E-state index contributed by atoms with van der Waals surface area (Å²) in [5.41, 5.74) is 0. The maximum Gasteiger partial charge on any atom is 0.192 e. The van der Waals surface area contributed by atoms with Crippen molar-refractivity contribution >= 4 is 69.6 Å². The van der Waals surface area contributed by atoms with Gasteiger partial charge < -0.3 is 0 Å². The number of hydrogen-bond acceptors (Lipinski definition) is 0. The van der Waals surface area contributed by atoms with Gasteiger partial charge in [0.1, 0.15) is 0 Å². The molecule has 0 heterocycles. The zero-order valence-electron chi connectivity index (χ0n) is 8.87. The molecule has 0 N–H and O–H groups in total. The van der Waals surface area contributed by atoms with Crippen molar-refractivity contribution in [1.29, 1.82) is 0 Å². The second-order valence-corrected chi connectivity index (χ2v) is 7.87. The van der Waals surface area contributed by atoms with Crippen LogP contribution in [0.3, 0.4) is 0 Å². The molecule has 0 radical (unpaired) electrons. The van der Waals surface area contributed by atoms with Gasteiger partial charge in [0.25, 0.3) is 0 Å². The number of unbranched alkanes of at least 4 members (excludes halogenated alkanes) is 2. The highest BCUT2D eigenvalue weighted by molar-refractivity contribution is 6.67. The van der Waals surface area contributed by atoms with Crippen LogP contribution in [0, 0.1) is 0 Å².